The van der Waals surface area contributed by atoms with E-state index >= 15 is 0 Å². The maximum absolute atomic E-state index is 11.8. The number of aromatic amines is 1. The van der Waals surface area contributed by atoms with Crippen molar-refractivity contribution < 1.29 is 4.74 Å². The minimum atomic E-state index is -0.405. The maximum Gasteiger partial charge on any atom is 0.311 e. The molecule has 0 aliphatic rings. The number of nitrogens with two attached hydrogens (primary N) is 1. The minimum Gasteiger partial charge on any atom is -0.435 e. The second kappa shape index (κ2) is 4.41. The van der Waals surface area contributed by atoms with E-state index in [1.54, 1.807) is 42.6 Å². The molecular formula is C13H10N4O2. The highest BCUT2D eigenvalue weighted by Crippen LogP contribution is 2.18. The van der Waals surface area contributed by atoms with Gasteiger partial charge in [-0.3, -0.25) is 4.79 Å². The zero-order chi connectivity index (χ0) is 13.2. The van der Waals surface area contributed by atoms with Gasteiger partial charge in [-0.05, 0) is 36.4 Å². The van der Waals surface area contributed by atoms with E-state index in [1.807, 2.05) is 0 Å². The van der Waals surface area contributed by atoms with Gasteiger partial charge in [-0.2, -0.15) is 4.98 Å². The number of anilines is 1. The van der Waals surface area contributed by atoms with Crippen LogP contribution >= 0.6 is 0 Å². The Kier molecular flexibility index (Phi) is 2.60. The minimum absolute atomic E-state index is 0.0454. The molecular weight excluding hydrogens is 244 g/mol. The van der Waals surface area contributed by atoms with E-state index in [2.05, 4.69) is 15.0 Å². The summed E-state index contributed by atoms with van der Waals surface area (Å²) in [7, 11) is 0. The van der Waals surface area contributed by atoms with Crippen LogP contribution in [-0.4, -0.2) is 15.0 Å². The topological polar surface area (TPSA) is 93.9 Å². The number of pyridine rings is 1. The molecule has 3 aromatic rings. The molecule has 0 bridgehead atoms. The molecule has 1 aromatic carbocycles. The molecule has 0 atom stereocenters. The lowest BCUT2D eigenvalue weighted by Gasteiger charge is -2.04. The number of fused-ring (bicyclic) bond motifs is 1. The maximum atomic E-state index is 11.8. The number of nitrogens with one attached hydrogen (secondary N) is 1. The van der Waals surface area contributed by atoms with Gasteiger partial charge in [-0.25, -0.2) is 4.98 Å². The first-order chi connectivity index (χ1) is 9.22. The Morgan fingerprint density at radius 3 is 2.74 bits per heavy atom. The average Bonchev–Trinajstić information content (AvgIpc) is 2.42. The second-order valence-corrected chi connectivity index (χ2v) is 3.92. The largest absolute Gasteiger partial charge is 0.435 e. The molecule has 2 heterocycles. The number of nitrogen functional groups attached to an aromatic ring is 1. The van der Waals surface area contributed by atoms with Gasteiger partial charge in [-0.15, -0.1) is 0 Å². The van der Waals surface area contributed by atoms with Gasteiger partial charge in [0.05, 0.1) is 5.52 Å². The fourth-order valence-electron chi connectivity index (χ4n) is 1.62. The number of hydrogen-bond acceptors (Lipinski definition) is 5. The summed E-state index contributed by atoms with van der Waals surface area (Å²) in [5.41, 5.74) is 6.78. The molecule has 2 aromatic heterocycles. The van der Waals surface area contributed by atoms with Crippen molar-refractivity contribution in [2.45, 2.75) is 0 Å². The molecule has 19 heavy (non-hydrogen) atoms. The van der Waals surface area contributed by atoms with Gasteiger partial charge in [0.15, 0.2) is 5.65 Å². The first-order valence-corrected chi connectivity index (χ1v) is 5.61. The van der Waals surface area contributed by atoms with Crippen molar-refractivity contribution in [2.24, 2.45) is 0 Å². The Balaban J connectivity index is 2.03. The van der Waals surface area contributed by atoms with Crippen LogP contribution in [0.2, 0.25) is 0 Å². The number of hydrogen-bond donors (Lipinski definition) is 2. The highest BCUT2D eigenvalue weighted by Gasteiger charge is 2.07. The number of rotatable bonds is 2. The molecule has 0 spiro atoms. The first kappa shape index (κ1) is 11.2. The van der Waals surface area contributed by atoms with E-state index in [1.165, 1.54) is 0 Å². The van der Waals surface area contributed by atoms with Crippen LogP contribution in [0.5, 0.6) is 11.6 Å². The molecule has 0 fully saturated rings. The van der Waals surface area contributed by atoms with Crippen molar-refractivity contribution in [3.63, 3.8) is 0 Å². The normalized spacial score (nSPS) is 10.5. The number of benzene rings is 1. The Morgan fingerprint density at radius 1 is 1.16 bits per heavy atom. The van der Waals surface area contributed by atoms with E-state index in [0.29, 0.717) is 22.6 Å². The molecule has 0 unspecified atom stereocenters. The van der Waals surface area contributed by atoms with Gasteiger partial charge < -0.3 is 15.5 Å². The van der Waals surface area contributed by atoms with E-state index in [-0.39, 0.29) is 5.88 Å². The van der Waals surface area contributed by atoms with Crippen LogP contribution in [0.3, 0.4) is 0 Å². The highest BCUT2D eigenvalue weighted by atomic mass is 16.5. The fourth-order valence-corrected chi connectivity index (χ4v) is 1.62. The monoisotopic (exact) mass is 254 g/mol. The molecule has 3 N–H and O–H groups in total. The SMILES string of the molecule is Nc1ccc(Oc2nc3ncccc3[nH]c2=O)cc1. The van der Waals surface area contributed by atoms with Crippen LogP contribution in [0.4, 0.5) is 5.69 Å². The molecule has 0 aliphatic heterocycles. The molecule has 0 saturated heterocycles. The van der Waals surface area contributed by atoms with Crippen LogP contribution in [0.1, 0.15) is 0 Å². The summed E-state index contributed by atoms with van der Waals surface area (Å²) in [5, 5.41) is 0. The summed E-state index contributed by atoms with van der Waals surface area (Å²) in [6.07, 6.45) is 1.60. The average molecular weight is 254 g/mol. The van der Waals surface area contributed by atoms with Gasteiger partial charge in [-0.1, -0.05) is 0 Å². The van der Waals surface area contributed by atoms with E-state index in [0.717, 1.165) is 0 Å². The summed E-state index contributed by atoms with van der Waals surface area (Å²) in [5.74, 6) is 0.443. The van der Waals surface area contributed by atoms with Crippen molar-refractivity contribution >= 4 is 16.9 Å². The third-order valence-electron chi connectivity index (χ3n) is 2.53. The zero-order valence-corrected chi connectivity index (χ0v) is 9.83. The lowest BCUT2D eigenvalue weighted by molar-refractivity contribution is 0.457. The molecule has 0 radical (unpaired) electrons. The van der Waals surface area contributed by atoms with Gasteiger partial charge in [0.1, 0.15) is 5.75 Å². The highest BCUT2D eigenvalue weighted by molar-refractivity contribution is 5.69. The second-order valence-electron chi connectivity index (χ2n) is 3.92. The molecule has 6 heteroatoms. The van der Waals surface area contributed by atoms with E-state index < -0.39 is 5.56 Å². The number of H-pyrrole nitrogens is 1. The Bertz CT molecular complexity index is 781. The van der Waals surface area contributed by atoms with Crippen LogP contribution in [0.25, 0.3) is 11.2 Å². The summed E-state index contributed by atoms with van der Waals surface area (Å²) >= 11 is 0. The fraction of sp³-hybridized carbons (Fsp3) is 0. The van der Waals surface area contributed by atoms with Crippen LogP contribution in [0.15, 0.2) is 47.4 Å². The number of aromatic nitrogens is 3. The predicted molar refractivity (Wildman–Crippen MR) is 71.1 cm³/mol. The predicted octanol–water partition coefficient (Wildman–Crippen LogP) is 1.69. The van der Waals surface area contributed by atoms with Crippen LogP contribution in [-0.2, 0) is 0 Å². The zero-order valence-electron chi connectivity index (χ0n) is 9.83. The van der Waals surface area contributed by atoms with Crippen molar-refractivity contribution in [3.05, 3.63) is 52.9 Å². The van der Waals surface area contributed by atoms with Crippen LogP contribution < -0.4 is 16.0 Å². The molecule has 0 saturated carbocycles. The van der Waals surface area contributed by atoms with Crippen molar-refractivity contribution in [1.29, 1.82) is 0 Å². The summed E-state index contributed by atoms with van der Waals surface area (Å²) < 4.78 is 5.42. The molecule has 0 aliphatic carbocycles. The summed E-state index contributed by atoms with van der Waals surface area (Å²) in [6, 6.07) is 10.1. The number of nitrogens with zero attached hydrogens (tertiary/aromatic N) is 2. The number of ether oxygens (including phenoxy) is 1. The molecule has 6 nitrogen and oxygen atoms in total. The van der Waals surface area contributed by atoms with E-state index in [9.17, 15) is 4.79 Å². The quantitative estimate of drug-likeness (QED) is 0.679. The van der Waals surface area contributed by atoms with Gasteiger partial charge in [0.2, 0.25) is 0 Å². The summed E-state index contributed by atoms with van der Waals surface area (Å²) in [4.78, 5) is 22.6. The first-order valence-electron chi connectivity index (χ1n) is 5.61. The van der Waals surface area contributed by atoms with Gasteiger partial charge in [0.25, 0.3) is 5.88 Å². The molecule has 94 valence electrons. The van der Waals surface area contributed by atoms with Gasteiger partial charge in [0, 0.05) is 11.9 Å². The third-order valence-corrected chi connectivity index (χ3v) is 2.53. The van der Waals surface area contributed by atoms with E-state index in [4.69, 9.17) is 10.5 Å². The van der Waals surface area contributed by atoms with Gasteiger partial charge >= 0.3 is 5.56 Å². The van der Waals surface area contributed by atoms with Crippen LogP contribution in [0, 0.1) is 0 Å². The van der Waals surface area contributed by atoms with Crippen molar-refractivity contribution in [2.75, 3.05) is 5.73 Å². The smallest absolute Gasteiger partial charge is 0.311 e. The summed E-state index contributed by atoms with van der Waals surface area (Å²) in [6.45, 7) is 0. The standard InChI is InChI=1S/C13H10N4O2/c14-8-3-5-9(6-4-8)19-13-12(18)16-10-2-1-7-15-11(10)17-13/h1-7H,14H2,(H,16,18). The lowest BCUT2D eigenvalue weighted by atomic mass is 10.3. The third kappa shape index (κ3) is 2.23. The molecule has 0 amide bonds. The Hall–Kier alpha value is -2.89. The Morgan fingerprint density at radius 2 is 1.95 bits per heavy atom. The van der Waals surface area contributed by atoms with Crippen molar-refractivity contribution in [3.8, 4) is 11.6 Å². The lowest BCUT2D eigenvalue weighted by Crippen LogP contribution is -2.11. The van der Waals surface area contributed by atoms with Crippen molar-refractivity contribution in [1.82, 2.24) is 15.0 Å². The Labute approximate surface area is 107 Å². The molecule has 3 rings (SSSR count).